The van der Waals surface area contributed by atoms with Crippen molar-refractivity contribution in [3.8, 4) is 5.75 Å². The maximum absolute atomic E-state index is 13.0. The topological polar surface area (TPSA) is 58.6 Å². The second-order valence-corrected chi connectivity index (χ2v) is 8.14. The van der Waals surface area contributed by atoms with E-state index < -0.39 is 10.0 Å². The van der Waals surface area contributed by atoms with Crippen LogP contribution in [-0.2, 0) is 10.0 Å². The van der Waals surface area contributed by atoms with Crippen molar-refractivity contribution in [2.45, 2.75) is 37.1 Å². The van der Waals surface area contributed by atoms with E-state index in [4.69, 9.17) is 4.74 Å². The smallest absolute Gasteiger partial charge is 0.243 e. The Morgan fingerprint density at radius 1 is 1.36 bits per heavy atom. The zero-order valence-electron chi connectivity index (χ0n) is 13.0. The second-order valence-electron chi connectivity index (χ2n) is 5.39. The summed E-state index contributed by atoms with van der Waals surface area (Å²) < 4.78 is 33.5. The second kappa shape index (κ2) is 7.77. The van der Waals surface area contributed by atoms with Crippen molar-refractivity contribution in [2.24, 2.45) is 0 Å². The standard InChI is InChI=1S/C15H23BrN2O3S/c1-3-10-18(12-6-8-17-9-7-12)22(19,20)13-4-5-15(21-2)14(16)11-13/h4-5,11-12,17H,3,6-10H2,1-2H3. The molecule has 0 radical (unpaired) electrons. The summed E-state index contributed by atoms with van der Waals surface area (Å²) >= 11 is 3.37. The summed E-state index contributed by atoms with van der Waals surface area (Å²) in [5.41, 5.74) is 0. The molecule has 124 valence electrons. The van der Waals surface area contributed by atoms with Gasteiger partial charge < -0.3 is 10.1 Å². The van der Waals surface area contributed by atoms with Crippen LogP contribution in [0.3, 0.4) is 0 Å². The molecule has 1 aromatic rings. The van der Waals surface area contributed by atoms with Crippen molar-refractivity contribution >= 4 is 26.0 Å². The van der Waals surface area contributed by atoms with Crippen LogP contribution in [0.1, 0.15) is 26.2 Å². The Balaban J connectivity index is 2.33. The van der Waals surface area contributed by atoms with Crippen molar-refractivity contribution in [1.82, 2.24) is 9.62 Å². The lowest BCUT2D eigenvalue weighted by molar-refractivity contribution is 0.262. The molecule has 0 amide bonds. The highest BCUT2D eigenvalue weighted by Gasteiger charge is 2.31. The van der Waals surface area contributed by atoms with E-state index in [0.717, 1.165) is 32.4 Å². The lowest BCUT2D eigenvalue weighted by atomic mass is 10.1. The van der Waals surface area contributed by atoms with Crippen LogP contribution in [0.15, 0.2) is 27.6 Å². The van der Waals surface area contributed by atoms with E-state index in [1.807, 2.05) is 6.92 Å². The monoisotopic (exact) mass is 390 g/mol. The van der Waals surface area contributed by atoms with Gasteiger partial charge in [0.25, 0.3) is 0 Å². The Bertz CT molecular complexity index is 601. The third kappa shape index (κ3) is 3.82. The third-order valence-corrected chi connectivity index (χ3v) is 6.46. The first-order valence-corrected chi connectivity index (χ1v) is 9.80. The molecule has 1 fully saturated rings. The molecule has 0 bridgehead atoms. The van der Waals surface area contributed by atoms with Crippen LogP contribution >= 0.6 is 15.9 Å². The van der Waals surface area contributed by atoms with Gasteiger partial charge in [0, 0.05) is 12.6 Å². The van der Waals surface area contributed by atoms with Gasteiger partial charge in [-0.3, -0.25) is 0 Å². The zero-order chi connectivity index (χ0) is 16.2. The van der Waals surface area contributed by atoms with Gasteiger partial charge in [0.05, 0.1) is 16.5 Å². The number of ether oxygens (including phenoxy) is 1. The van der Waals surface area contributed by atoms with Gasteiger partial charge in [0.2, 0.25) is 10.0 Å². The first kappa shape index (κ1) is 17.7. The normalized spacial score (nSPS) is 16.9. The van der Waals surface area contributed by atoms with Gasteiger partial charge >= 0.3 is 0 Å². The third-order valence-electron chi connectivity index (χ3n) is 3.89. The van der Waals surface area contributed by atoms with Crippen LogP contribution in [-0.4, -0.2) is 45.5 Å². The summed E-state index contributed by atoms with van der Waals surface area (Å²) in [5, 5.41) is 3.28. The Kier molecular flexibility index (Phi) is 6.26. The van der Waals surface area contributed by atoms with Gasteiger partial charge in [-0.05, 0) is 66.5 Å². The van der Waals surface area contributed by atoms with Crippen molar-refractivity contribution in [3.05, 3.63) is 22.7 Å². The highest BCUT2D eigenvalue weighted by Crippen LogP contribution is 2.30. The summed E-state index contributed by atoms with van der Waals surface area (Å²) in [7, 11) is -1.93. The molecule has 7 heteroatoms. The summed E-state index contributed by atoms with van der Waals surface area (Å²) in [6.45, 7) is 4.30. The van der Waals surface area contributed by atoms with E-state index in [1.165, 1.54) is 0 Å². The van der Waals surface area contributed by atoms with Crippen LogP contribution < -0.4 is 10.1 Å². The van der Waals surface area contributed by atoms with Crippen molar-refractivity contribution < 1.29 is 13.2 Å². The number of nitrogens with one attached hydrogen (secondary N) is 1. The highest BCUT2D eigenvalue weighted by atomic mass is 79.9. The van der Waals surface area contributed by atoms with Gasteiger partial charge in [-0.1, -0.05) is 6.92 Å². The lowest BCUT2D eigenvalue weighted by Crippen LogP contribution is -2.46. The van der Waals surface area contributed by atoms with E-state index >= 15 is 0 Å². The molecule has 5 nitrogen and oxygen atoms in total. The fourth-order valence-corrected chi connectivity index (χ4v) is 5.25. The molecule has 1 aliphatic rings. The predicted octanol–water partition coefficient (Wildman–Crippen LogP) is 2.61. The number of sulfonamides is 1. The maximum atomic E-state index is 13.0. The summed E-state index contributed by atoms with van der Waals surface area (Å²) in [4.78, 5) is 0.312. The lowest BCUT2D eigenvalue weighted by Gasteiger charge is -2.33. The fraction of sp³-hybridized carbons (Fsp3) is 0.600. The molecule has 1 heterocycles. The quantitative estimate of drug-likeness (QED) is 0.810. The predicted molar refractivity (Wildman–Crippen MR) is 90.8 cm³/mol. The molecule has 0 aromatic heterocycles. The first-order chi connectivity index (χ1) is 10.5. The first-order valence-electron chi connectivity index (χ1n) is 7.56. The molecular formula is C15H23BrN2O3S. The molecule has 1 saturated heterocycles. The van der Waals surface area contributed by atoms with Crippen molar-refractivity contribution in [1.29, 1.82) is 0 Å². The number of methoxy groups -OCH3 is 1. The number of halogens is 1. The highest BCUT2D eigenvalue weighted by molar-refractivity contribution is 9.10. The van der Waals surface area contributed by atoms with Gasteiger partial charge in [0.15, 0.2) is 0 Å². The minimum atomic E-state index is -3.49. The number of benzene rings is 1. The molecule has 0 atom stereocenters. The molecule has 0 unspecified atom stereocenters. The Labute approximate surface area is 141 Å². The van der Waals surface area contributed by atoms with Crippen LogP contribution in [0.4, 0.5) is 0 Å². The Hall–Kier alpha value is -0.630. The molecular weight excluding hydrogens is 368 g/mol. The molecule has 1 aromatic carbocycles. The summed E-state index contributed by atoms with van der Waals surface area (Å²) in [6, 6.07) is 5.00. The van der Waals surface area contributed by atoms with Crippen LogP contribution in [0.25, 0.3) is 0 Å². The minimum Gasteiger partial charge on any atom is -0.496 e. The van der Waals surface area contributed by atoms with E-state index in [9.17, 15) is 8.42 Å². The average Bonchev–Trinajstić information content (AvgIpc) is 2.53. The Morgan fingerprint density at radius 3 is 2.59 bits per heavy atom. The number of nitrogens with zero attached hydrogens (tertiary/aromatic N) is 1. The van der Waals surface area contributed by atoms with Crippen LogP contribution in [0.2, 0.25) is 0 Å². The molecule has 1 aliphatic heterocycles. The number of hydrogen-bond acceptors (Lipinski definition) is 4. The number of piperidine rings is 1. The minimum absolute atomic E-state index is 0.0760. The van der Waals surface area contributed by atoms with Crippen LogP contribution in [0.5, 0.6) is 5.75 Å². The SMILES string of the molecule is CCCN(C1CCNCC1)S(=O)(=O)c1ccc(OC)c(Br)c1. The zero-order valence-corrected chi connectivity index (χ0v) is 15.4. The molecule has 0 spiro atoms. The maximum Gasteiger partial charge on any atom is 0.243 e. The number of rotatable bonds is 6. The molecule has 2 rings (SSSR count). The van der Waals surface area contributed by atoms with E-state index in [1.54, 1.807) is 29.6 Å². The summed E-state index contributed by atoms with van der Waals surface area (Å²) in [5.74, 6) is 0.628. The number of hydrogen-bond donors (Lipinski definition) is 1. The van der Waals surface area contributed by atoms with Gasteiger partial charge in [-0.15, -0.1) is 0 Å². The van der Waals surface area contributed by atoms with E-state index in [2.05, 4.69) is 21.2 Å². The van der Waals surface area contributed by atoms with E-state index in [-0.39, 0.29) is 6.04 Å². The van der Waals surface area contributed by atoms with Gasteiger partial charge in [-0.2, -0.15) is 4.31 Å². The van der Waals surface area contributed by atoms with Gasteiger partial charge in [-0.25, -0.2) is 8.42 Å². The van der Waals surface area contributed by atoms with Crippen molar-refractivity contribution in [2.75, 3.05) is 26.7 Å². The van der Waals surface area contributed by atoms with E-state index in [0.29, 0.717) is 21.7 Å². The average molecular weight is 391 g/mol. The van der Waals surface area contributed by atoms with Crippen molar-refractivity contribution in [3.63, 3.8) is 0 Å². The van der Waals surface area contributed by atoms with Gasteiger partial charge in [0.1, 0.15) is 5.75 Å². The molecule has 0 aliphatic carbocycles. The summed E-state index contributed by atoms with van der Waals surface area (Å²) in [6.07, 6.45) is 2.52. The fourth-order valence-electron chi connectivity index (χ4n) is 2.76. The largest absolute Gasteiger partial charge is 0.496 e. The molecule has 1 N–H and O–H groups in total. The molecule has 22 heavy (non-hydrogen) atoms. The Morgan fingerprint density at radius 2 is 2.05 bits per heavy atom. The molecule has 0 saturated carbocycles. The van der Waals surface area contributed by atoms with Crippen LogP contribution in [0, 0.1) is 0 Å².